The van der Waals surface area contributed by atoms with E-state index in [1.54, 1.807) is 31.2 Å². The molecule has 5 nitrogen and oxygen atoms in total. The molecule has 0 atom stereocenters. The lowest BCUT2D eigenvalue weighted by atomic mass is 10.1. The highest BCUT2D eigenvalue weighted by Crippen LogP contribution is 2.23. The molecule has 0 aliphatic carbocycles. The number of ether oxygens (including phenoxy) is 3. The molecule has 0 unspecified atom stereocenters. The highest BCUT2D eigenvalue weighted by Gasteiger charge is 2.14. The maximum absolute atomic E-state index is 12.0. The minimum Gasteiger partial charge on any atom is -0.488 e. The summed E-state index contributed by atoms with van der Waals surface area (Å²) in [6.07, 6.45) is 2.88. The van der Waals surface area contributed by atoms with E-state index in [0.29, 0.717) is 30.1 Å². The van der Waals surface area contributed by atoms with Gasteiger partial charge in [-0.3, -0.25) is 0 Å². The Morgan fingerprint density at radius 1 is 1.08 bits per heavy atom. The van der Waals surface area contributed by atoms with E-state index in [0.717, 1.165) is 5.56 Å². The van der Waals surface area contributed by atoms with Crippen LogP contribution in [-0.2, 0) is 20.9 Å². The average molecular weight is 340 g/mol. The molecule has 0 saturated carbocycles. The largest absolute Gasteiger partial charge is 0.488 e. The van der Waals surface area contributed by atoms with Crippen LogP contribution in [0.15, 0.2) is 54.6 Å². The summed E-state index contributed by atoms with van der Waals surface area (Å²) in [6, 6.07) is 14.7. The van der Waals surface area contributed by atoms with E-state index in [2.05, 4.69) is 0 Å². The quantitative estimate of drug-likeness (QED) is 0.569. The van der Waals surface area contributed by atoms with Gasteiger partial charge in [0.2, 0.25) is 0 Å². The van der Waals surface area contributed by atoms with Gasteiger partial charge in [-0.25, -0.2) is 9.59 Å². The van der Waals surface area contributed by atoms with Crippen molar-refractivity contribution in [3.8, 4) is 5.75 Å². The van der Waals surface area contributed by atoms with Gasteiger partial charge < -0.3 is 14.2 Å². The number of hydrogen-bond acceptors (Lipinski definition) is 5. The molecule has 0 fully saturated rings. The summed E-state index contributed by atoms with van der Waals surface area (Å²) < 4.78 is 15.4. The second-order valence-electron chi connectivity index (χ2n) is 5.11. The van der Waals surface area contributed by atoms with Crippen LogP contribution in [0, 0.1) is 0 Å². The van der Waals surface area contributed by atoms with Gasteiger partial charge in [0.15, 0.2) is 0 Å². The Hall–Kier alpha value is -3.08. The minimum atomic E-state index is -0.505. The number of carbonyl (C=O) groups is 2. The molecule has 0 heterocycles. The Bertz CT molecular complexity index is 750. The Balaban J connectivity index is 2.19. The van der Waals surface area contributed by atoms with Crippen LogP contribution in [0.25, 0.3) is 6.08 Å². The summed E-state index contributed by atoms with van der Waals surface area (Å²) in [5.74, 6) is -0.523. The number of methoxy groups -OCH3 is 1. The van der Waals surface area contributed by atoms with Gasteiger partial charge in [0.05, 0.1) is 13.7 Å². The van der Waals surface area contributed by atoms with Crippen molar-refractivity contribution in [2.45, 2.75) is 13.5 Å². The van der Waals surface area contributed by atoms with E-state index >= 15 is 0 Å². The van der Waals surface area contributed by atoms with Crippen LogP contribution in [-0.4, -0.2) is 25.7 Å². The topological polar surface area (TPSA) is 61.8 Å². The molecule has 0 saturated heterocycles. The molecule has 2 aromatic carbocycles. The van der Waals surface area contributed by atoms with E-state index < -0.39 is 11.9 Å². The lowest BCUT2D eigenvalue weighted by Crippen LogP contribution is -2.06. The number of benzene rings is 2. The van der Waals surface area contributed by atoms with Crippen LogP contribution in [0.2, 0.25) is 0 Å². The number of carbonyl (C=O) groups excluding carboxylic acids is 2. The molecular formula is C20H20O5. The molecule has 0 aliphatic rings. The molecular weight excluding hydrogens is 320 g/mol. The zero-order valence-electron chi connectivity index (χ0n) is 14.2. The van der Waals surface area contributed by atoms with Crippen LogP contribution in [0.3, 0.4) is 0 Å². The highest BCUT2D eigenvalue weighted by atomic mass is 16.5. The first-order valence-corrected chi connectivity index (χ1v) is 7.88. The van der Waals surface area contributed by atoms with Gasteiger partial charge in [0.25, 0.3) is 0 Å². The van der Waals surface area contributed by atoms with E-state index in [-0.39, 0.29) is 0 Å². The first-order valence-electron chi connectivity index (χ1n) is 7.88. The highest BCUT2D eigenvalue weighted by molar-refractivity contribution is 5.94. The van der Waals surface area contributed by atoms with Crippen molar-refractivity contribution < 1.29 is 23.8 Å². The van der Waals surface area contributed by atoms with Gasteiger partial charge in [-0.1, -0.05) is 36.4 Å². The molecule has 5 heteroatoms. The van der Waals surface area contributed by atoms with Crippen molar-refractivity contribution in [1.82, 2.24) is 0 Å². The van der Waals surface area contributed by atoms with Crippen molar-refractivity contribution in [3.05, 3.63) is 71.3 Å². The van der Waals surface area contributed by atoms with E-state index in [4.69, 9.17) is 14.2 Å². The number of rotatable bonds is 7. The van der Waals surface area contributed by atoms with Crippen LogP contribution < -0.4 is 4.74 Å². The van der Waals surface area contributed by atoms with Crippen molar-refractivity contribution in [2.75, 3.05) is 13.7 Å². The van der Waals surface area contributed by atoms with Gasteiger partial charge in [0.1, 0.15) is 17.9 Å². The molecule has 0 aliphatic heterocycles. The summed E-state index contributed by atoms with van der Waals surface area (Å²) in [5, 5.41) is 0. The van der Waals surface area contributed by atoms with Crippen LogP contribution >= 0.6 is 0 Å². The number of esters is 2. The minimum absolute atomic E-state index is 0.296. The predicted octanol–water partition coefficient (Wildman–Crippen LogP) is 3.63. The Morgan fingerprint density at radius 2 is 1.84 bits per heavy atom. The van der Waals surface area contributed by atoms with Crippen molar-refractivity contribution in [3.63, 3.8) is 0 Å². The van der Waals surface area contributed by atoms with E-state index in [1.807, 2.05) is 30.3 Å². The van der Waals surface area contributed by atoms with Crippen LogP contribution in [0.4, 0.5) is 0 Å². The average Bonchev–Trinajstić information content (AvgIpc) is 2.65. The third-order valence-corrected chi connectivity index (χ3v) is 3.34. The Morgan fingerprint density at radius 3 is 2.52 bits per heavy atom. The summed E-state index contributed by atoms with van der Waals surface area (Å²) in [7, 11) is 1.31. The molecule has 0 amide bonds. The lowest BCUT2D eigenvalue weighted by Gasteiger charge is -2.11. The van der Waals surface area contributed by atoms with E-state index in [1.165, 1.54) is 13.2 Å². The zero-order valence-corrected chi connectivity index (χ0v) is 14.2. The zero-order chi connectivity index (χ0) is 18.1. The van der Waals surface area contributed by atoms with E-state index in [9.17, 15) is 9.59 Å². The Labute approximate surface area is 146 Å². The first kappa shape index (κ1) is 18.3. The predicted molar refractivity (Wildman–Crippen MR) is 94.2 cm³/mol. The fraction of sp³-hybridized carbons (Fsp3) is 0.200. The molecule has 0 radical (unpaired) electrons. The first-order chi connectivity index (χ1) is 12.1. The van der Waals surface area contributed by atoms with Gasteiger partial charge in [-0.15, -0.1) is 0 Å². The fourth-order valence-corrected chi connectivity index (χ4v) is 2.14. The molecule has 0 N–H and O–H groups in total. The monoisotopic (exact) mass is 340 g/mol. The molecule has 2 aromatic rings. The third-order valence-electron chi connectivity index (χ3n) is 3.34. The summed E-state index contributed by atoms with van der Waals surface area (Å²) >= 11 is 0. The second-order valence-corrected chi connectivity index (χ2v) is 5.11. The maximum atomic E-state index is 12.0. The smallest absolute Gasteiger partial charge is 0.341 e. The number of hydrogen-bond donors (Lipinski definition) is 0. The normalized spacial score (nSPS) is 10.5. The van der Waals surface area contributed by atoms with Crippen molar-refractivity contribution >= 4 is 18.0 Å². The van der Waals surface area contributed by atoms with Gasteiger partial charge in [0, 0.05) is 6.08 Å². The second kappa shape index (κ2) is 9.27. The fourth-order valence-electron chi connectivity index (χ4n) is 2.14. The van der Waals surface area contributed by atoms with Crippen LogP contribution in [0.1, 0.15) is 28.4 Å². The molecule has 25 heavy (non-hydrogen) atoms. The maximum Gasteiger partial charge on any atom is 0.341 e. The van der Waals surface area contributed by atoms with Crippen LogP contribution in [0.5, 0.6) is 5.75 Å². The third kappa shape index (κ3) is 5.49. The molecule has 130 valence electrons. The Kier molecular flexibility index (Phi) is 6.77. The molecule has 0 spiro atoms. The summed E-state index contributed by atoms with van der Waals surface area (Å²) in [5.41, 5.74) is 1.95. The molecule has 0 aromatic heterocycles. The SMILES string of the molecule is CCOC(=O)/C=C/c1ccc(OCc2ccccc2)c(C(=O)OC)c1. The van der Waals surface area contributed by atoms with Crippen molar-refractivity contribution in [1.29, 1.82) is 0 Å². The molecule has 0 bridgehead atoms. The van der Waals surface area contributed by atoms with Gasteiger partial charge in [-0.05, 0) is 36.3 Å². The molecule has 2 rings (SSSR count). The summed E-state index contributed by atoms with van der Waals surface area (Å²) in [4.78, 5) is 23.4. The van der Waals surface area contributed by atoms with Gasteiger partial charge >= 0.3 is 11.9 Å². The van der Waals surface area contributed by atoms with Crippen molar-refractivity contribution in [2.24, 2.45) is 0 Å². The standard InChI is InChI=1S/C20H20O5/c1-3-24-19(21)12-10-15-9-11-18(17(13-15)20(22)23-2)25-14-16-7-5-4-6-8-16/h4-13H,3,14H2,1-2H3/b12-10+. The lowest BCUT2D eigenvalue weighted by molar-refractivity contribution is -0.137. The summed E-state index contributed by atoms with van der Waals surface area (Å²) in [6.45, 7) is 2.38. The van der Waals surface area contributed by atoms with Gasteiger partial charge in [-0.2, -0.15) is 0 Å².